The summed E-state index contributed by atoms with van der Waals surface area (Å²) in [6.07, 6.45) is -0.373. The molecular weight excluding hydrogens is 368 g/mol. The topological polar surface area (TPSA) is 146 Å². The van der Waals surface area contributed by atoms with Crippen LogP contribution in [-0.4, -0.2) is 83.6 Å². The number of hydroxylamine groups is 2. The molecule has 3 amide bonds. The summed E-state index contributed by atoms with van der Waals surface area (Å²) in [6.45, 7) is 0.187. The molecule has 3 aliphatic heterocycles. The number of hydrogen-bond donors (Lipinski definition) is 3. The summed E-state index contributed by atoms with van der Waals surface area (Å²) in [7, 11) is -5.17. The Hall–Kier alpha value is -1.61. The first kappa shape index (κ1) is 18.2. The summed E-state index contributed by atoms with van der Waals surface area (Å²) in [5, 5.41) is 1.37. The molecule has 1 unspecified atom stereocenters. The molecule has 3 atom stereocenters. The molecule has 2 bridgehead atoms. The standard InChI is InChI=1S/C11H17F2N5O6S/c12-11(13)3-7(9(19)15-16-2-1-6(14)4-16)17-5-8(11)18(10(17)20)24-25(21,22)23/h6-8H,1-5,14H2,(H,15,19)(H,21,22,23)/t6?,7-,8-/m0/s1. The van der Waals surface area contributed by atoms with Gasteiger partial charge in [-0.1, -0.05) is 0 Å². The van der Waals surface area contributed by atoms with Crippen molar-refractivity contribution in [1.82, 2.24) is 20.4 Å². The Bertz CT molecular complexity index is 690. The third-order valence-electron chi connectivity index (χ3n) is 4.39. The number of nitrogens with one attached hydrogen (secondary N) is 1. The average Bonchev–Trinajstić information content (AvgIpc) is 2.99. The largest absolute Gasteiger partial charge is 0.418 e. The second kappa shape index (κ2) is 5.98. The molecule has 3 fully saturated rings. The molecule has 3 saturated heterocycles. The number of hydrogen-bond acceptors (Lipinski definition) is 7. The van der Waals surface area contributed by atoms with E-state index in [0.717, 1.165) is 4.90 Å². The van der Waals surface area contributed by atoms with Gasteiger partial charge >= 0.3 is 16.4 Å². The van der Waals surface area contributed by atoms with Crippen molar-refractivity contribution in [3.05, 3.63) is 0 Å². The number of nitrogens with two attached hydrogens (primary N) is 1. The normalized spacial score (nSPS) is 32.3. The smallest absolute Gasteiger partial charge is 0.326 e. The van der Waals surface area contributed by atoms with E-state index < -0.39 is 53.3 Å². The maximum Gasteiger partial charge on any atom is 0.418 e. The maximum atomic E-state index is 14.3. The van der Waals surface area contributed by atoms with E-state index in [2.05, 4.69) is 9.71 Å². The minimum atomic E-state index is -5.17. The van der Waals surface area contributed by atoms with Gasteiger partial charge in [-0.2, -0.15) is 13.5 Å². The lowest BCUT2D eigenvalue weighted by Crippen LogP contribution is -2.58. The zero-order valence-electron chi connectivity index (χ0n) is 12.8. The van der Waals surface area contributed by atoms with E-state index in [1.165, 1.54) is 5.01 Å². The first-order valence-corrected chi connectivity index (χ1v) is 8.80. The highest BCUT2D eigenvalue weighted by atomic mass is 32.3. The number of alkyl halides is 2. The molecule has 3 heterocycles. The van der Waals surface area contributed by atoms with Gasteiger partial charge in [-0.25, -0.2) is 18.6 Å². The molecule has 0 spiro atoms. The van der Waals surface area contributed by atoms with Crippen LogP contribution in [0, 0.1) is 0 Å². The molecule has 0 aromatic carbocycles. The number of urea groups is 1. The summed E-state index contributed by atoms with van der Waals surface area (Å²) in [6, 6.07) is -4.82. The number of hydrazine groups is 1. The van der Waals surface area contributed by atoms with Crippen LogP contribution in [0.3, 0.4) is 0 Å². The van der Waals surface area contributed by atoms with Crippen LogP contribution in [0.25, 0.3) is 0 Å². The van der Waals surface area contributed by atoms with E-state index >= 15 is 0 Å². The van der Waals surface area contributed by atoms with Crippen LogP contribution in [-0.2, 0) is 19.5 Å². The Labute approximate surface area is 141 Å². The van der Waals surface area contributed by atoms with Gasteiger partial charge in [-0.15, -0.1) is 4.28 Å². The minimum absolute atomic E-state index is 0.103. The Kier molecular flexibility index (Phi) is 4.35. The number of nitrogens with zero attached hydrogens (tertiary/aromatic N) is 3. The highest BCUT2D eigenvalue weighted by Crippen LogP contribution is 2.41. The number of piperidine rings is 1. The van der Waals surface area contributed by atoms with E-state index in [0.29, 0.717) is 19.5 Å². The highest BCUT2D eigenvalue weighted by molar-refractivity contribution is 7.80. The van der Waals surface area contributed by atoms with Crippen molar-refractivity contribution in [2.24, 2.45) is 5.73 Å². The van der Waals surface area contributed by atoms with Crippen molar-refractivity contribution in [3.63, 3.8) is 0 Å². The number of fused-ring (bicyclic) bond motifs is 2. The Balaban J connectivity index is 1.77. The van der Waals surface area contributed by atoms with Gasteiger partial charge in [0, 0.05) is 25.6 Å². The van der Waals surface area contributed by atoms with Gasteiger partial charge < -0.3 is 10.6 Å². The van der Waals surface area contributed by atoms with Crippen LogP contribution in [0.5, 0.6) is 0 Å². The number of halogens is 2. The maximum absolute atomic E-state index is 14.3. The summed E-state index contributed by atoms with van der Waals surface area (Å²) >= 11 is 0. The number of rotatable bonds is 4. The highest BCUT2D eigenvalue weighted by Gasteiger charge is 2.62. The summed E-state index contributed by atoms with van der Waals surface area (Å²) in [5.74, 6) is -4.41. The van der Waals surface area contributed by atoms with E-state index in [4.69, 9.17) is 10.3 Å². The van der Waals surface area contributed by atoms with Crippen molar-refractivity contribution in [2.75, 3.05) is 19.6 Å². The van der Waals surface area contributed by atoms with Crippen molar-refractivity contribution in [1.29, 1.82) is 0 Å². The van der Waals surface area contributed by atoms with Crippen molar-refractivity contribution in [2.45, 2.75) is 36.9 Å². The van der Waals surface area contributed by atoms with Gasteiger partial charge in [0.15, 0.2) is 0 Å². The van der Waals surface area contributed by atoms with Crippen LogP contribution in [0.2, 0.25) is 0 Å². The lowest BCUT2D eigenvalue weighted by molar-refractivity contribution is -0.155. The fourth-order valence-corrected chi connectivity index (χ4v) is 3.58. The Morgan fingerprint density at radius 1 is 1.40 bits per heavy atom. The summed E-state index contributed by atoms with van der Waals surface area (Å²) in [5.41, 5.74) is 8.14. The van der Waals surface area contributed by atoms with Gasteiger partial charge in [0.2, 0.25) is 0 Å². The van der Waals surface area contributed by atoms with E-state index in [9.17, 15) is 26.8 Å². The first-order valence-electron chi connectivity index (χ1n) is 7.43. The summed E-state index contributed by atoms with van der Waals surface area (Å²) < 4.78 is 62.8. The zero-order valence-corrected chi connectivity index (χ0v) is 13.7. The molecule has 25 heavy (non-hydrogen) atoms. The number of carbonyl (C=O) groups is 2. The fourth-order valence-electron chi connectivity index (χ4n) is 3.21. The predicted molar refractivity (Wildman–Crippen MR) is 76.0 cm³/mol. The summed E-state index contributed by atoms with van der Waals surface area (Å²) in [4.78, 5) is 25.3. The molecule has 0 aromatic rings. The minimum Gasteiger partial charge on any atom is -0.326 e. The molecule has 11 nitrogen and oxygen atoms in total. The fraction of sp³-hybridized carbons (Fsp3) is 0.818. The van der Waals surface area contributed by atoms with E-state index in [1.807, 2.05) is 0 Å². The SMILES string of the molecule is NC1CCN(NC(=O)[C@@H]2CC(F)(F)[C@@H]3CN2C(=O)N3OS(=O)(=O)O)C1. The zero-order chi connectivity index (χ0) is 18.6. The Morgan fingerprint density at radius 2 is 2.08 bits per heavy atom. The molecule has 0 aromatic heterocycles. The average molecular weight is 385 g/mol. The van der Waals surface area contributed by atoms with Crippen LogP contribution in [0.4, 0.5) is 13.6 Å². The molecule has 142 valence electrons. The monoisotopic (exact) mass is 385 g/mol. The van der Waals surface area contributed by atoms with Crippen LogP contribution >= 0.6 is 0 Å². The lowest BCUT2D eigenvalue weighted by atomic mass is 9.96. The predicted octanol–water partition coefficient (Wildman–Crippen LogP) is -1.70. The van der Waals surface area contributed by atoms with Gasteiger partial charge in [0.25, 0.3) is 11.8 Å². The van der Waals surface area contributed by atoms with Gasteiger partial charge in [0.05, 0.1) is 6.54 Å². The van der Waals surface area contributed by atoms with Gasteiger partial charge in [0.1, 0.15) is 12.1 Å². The van der Waals surface area contributed by atoms with Crippen LogP contribution < -0.4 is 11.2 Å². The van der Waals surface area contributed by atoms with Crippen molar-refractivity contribution in [3.8, 4) is 0 Å². The molecule has 0 radical (unpaired) electrons. The third kappa shape index (κ3) is 3.52. The van der Waals surface area contributed by atoms with Crippen LogP contribution in [0.15, 0.2) is 0 Å². The molecular formula is C11H17F2N5O6S. The molecule has 0 aliphatic carbocycles. The van der Waals surface area contributed by atoms with Gasteiger partial charge in [-0.3, -0.25) is 14.8 Å². The molecule has 0 saturated carbocycles. The van der Waals surface area contributed by atoms with E-state index in [1.54, 1.807) is 0 Å². The number of amides is 3. The Morgan fingerprint density at radius 3 is 2.64 bits per heavy atom. The second-order valence-electron chi connectivity index (χ2n) is 6.23. The molecule has 4 N–H and O–H groups in total. The van der Waals surface area contributed by atoms with Crippen molar-refractivity contribution >= 4 is 22.3 Å². The molecule has 3 rings (SSSR count). The molecule has 14 heteroatoms. The lowest BCUT2D eigenvalue weighted by Gasteiger charge is -2.35. The van der Waals surface area contributed by atoms with Gasteiger partial charge in [-0.05, 0) is 6.42 Å². The second-order valence-corrected chi connectivity index (χ2v) is 7.24. The number of carbonyl (C=O) groups excluding carboxylic acids is 2. The molecule has 3 aliphatic rings. The van der Waals surface area contributed by atoms with Crippen LogP contribution in [0.1, 0.15) is 12.8 Å². The van der Waals surface area contributed by atoms with E-state index in [-0.39, 0.29) is 11.1 Å². The first-order chi connectivity index (χ1) is 11.5. The van der Waals surface area contributed by atoms with Crippen molar-refractivity contribution < 1.29 is 35.6 Å². The quantitative estimate of drug-likeness (QED) is 0.486. The third-order valence-corrected chi connectivity index (χ3v) is 4.74.